The van der Waals surface area contributed by atoms with Crippen LogP contribution in [0.3, 0.4) is 0 Å². The van der Waals surface area contributed by atoms with Gasteiger partial charge in [-0.1, -0.05) is 5.21 Å². The minimum absolute atomic E-state index is 0.848. The molecule has 3 rings (SSSR count). The first-order valence-electron chi connectivity index (χ1n) is 6.30. The van der Waals surface area contributed by atoms with E-state index in [0.29, 0.717) is 0 Å². The Bertz CT molecular complexity index is 638. The van der Waals surface area contributed by atoms with Crippen LogP contribution in [-0.2, 0) is 13.1 Å². The fraction of sp³-hybridized carbons (Fsp3) is 0.417. The van der Waals surface area contributed by atoms with Crippen molar-refractivity contribution in [2.75, 3.05) is 6.54 Å². The Balaban J connectivity index is 1.49. The summed E-state index contributed by atoms with van der Waals surface area (Å²) < 4.78 is 4.01. The lowest BCUT2D eigenvalue weighted by Gasteiger charge is -2.05. The van der Waals surface area contributed by atoms with E-state index in [0.717, 1.165) is 36.7 Å². The molecule has 0 aliphatic carbocycles. The molecular weight excluding hydrogens is 260 g/mol. The number of hydrogen-bond acceptors (Lipinski definition) is 5. The Morgan fingerprint density at radius 2 is 2.32 bits per heavy atom. The van der Waals surface area contributed by atoms with Crippen LogP contribution in [-0.4, -0.2) is 30.9 Å². The van der Waals surface area contributed by atoms with Gasteiger partial charge in [-0.05, 0) is 19.9 Å². The molecule has 0 saturated carbocycles. The highest BCUT2D eigenvalue weighted by Gasteiger charge is 2.08. The second kappa shape index (κ2) is 5.50. The molecule has 6 nitrogen and oxygen atoms in total. The summed E-state index contributed by atoms with van der Waals surface area (Å²) >= 11 is 1.67. The van der Waals surface area contributed by atoms with E-state index in [1.54, 1.807) is 17.5 Å². The summed E-state index contributed by atoms with van der Waals surface area (Å²) in [6, 6.07) is 0. The average molecular weight is 276 g/mol. The number of aromatic nitrogens is 5. The van der Waals surface area contributed by atoms with Crippen LogP contribution in [0.4, 0.5) is 0 Å². The van der Waals surface area contributed by atoms with Crippen LogP contribution in [0, 0.1) is 6.92 Å². The zero-order chi connectivity index (χ0) is 13.1. The van der Waals surface area contributed by atoms with Gasteiger partial charge in [0.1, 0.15) is 0 Å². The van der Waals surface area contributed by atoms with Crippen molar-refractivity contribution in [3.63, 3.8) is 0 Å². The van der Waals surface area contributed by atoms with Crippen LogP contribution >= 0.6 is 11.3 Å². The Kier molecular flexibility index (Phi) is 3.56. The third-order valence-corrected chi connectivity index (χ3v) is 3.82. The number of thiazole rings is 1. The molecule has 19 heavy (non-hydrogen) atoms. The van der Waals surface area contributed by atoms with Gasteiger partial charge in [-0.25, -0.2) is 4.98 Å². The van der Waals surface area contributed by atoms with Gasteiger partial charge in [0, 0.05) is 30.9 Å². The zero-order valence-electron chi connectivity index (χ0n) is 10.8. The minimum atomic E-state index is 0.848. The topological polar surface area (TPSA) is 60.0 Å². The first-order valence-corrected chi connectivity index (χ1v) is 7.18. The number of hydrogen-bond donors (Lipinski definition) is 1. The number of aryl methyl sites for hydroxylation is 2. The number of imidazole rings is 1. The molecule has 3 aromatic heterocycles. The van der Waals surface area contributed by atoms with Crippen LogP contribution in [0.5, 0.6) is 0 Å². The van der Waals surface area contributed by atoms with E-state index in [9.17, 15) is 0 Å². The molecule has 0 aromatic carbocycles. The molecule has 0 spiro atoms. The lowest BCUT2D eigenvalue weighted by atomic mass is 10.3. The van der Waals surface area contributed by atoms with E-state index in [4.69, 9.17) is 0 Å². The summed E-state index contributed by atoms with van der Waals surface area (Å²) in [5.41, 5.74) is 2.35. The monoisotopic (exact) mass is 276 g/mol. The Morgan fingerprint density at radius 3 is 3.16 bits per heavy atom. The standard InChI is InChI=1S/C12H16N6S/c1-10-11(18-7-8-19-12(18)15-10)9-13-3-2-5-17-6-4-14-16-17/h4,6-8,13H,2-3,5,9H2,1H3. The summed E-state index contributed by atoms with van der Waals surface area (Å²) in [7, 11) is 0. The van der Waals surface area contributed by atoms with Crippen molar-refractivity contribution in [1.29, 1.82) is 0 Å². The smallest absolute Gasteiger partial charge is 0.194 e. The largest absolute Gasteiger partial charge is 0.311 e. The van der Waals surface area contributed by atoms with Gasteiger partial charge < -0.3 is 5.32 Å². The molecule has 0 bridgehead atoms. The van der Waals surface area contributed by atoms with Gasteiger partial charge in [-0.2, -0.15) is 0 Å². The fourth-order valence-corrected chi connectivity index (χ4v) is 2.86. The first kappa shape index (κ1) is 12.3. The second-order valence-corrected chi connectivity index (χ2v) is 5.27. The van der Waals surface area contributed by atoms with E-state index in [1.807, 2.05) is 10.9 Å². The fourth-order valence-electron chi connectivity index (χ4n) is 2.08. The molecule has 3 heterocycles. The van der Waals surface area contributed by atoms with Gasteiger partial charge in [0.25, 0.3) is 0 Å². The number of fused-ring (bicyclic) bond motifs is 1. The molecule has 100 valence electrons. The van der Waals surface area contributed by atoms with E-state index in [2.05, 4.69) is 43.5 Å². The molecule has 0 saturated heterocycles. The van der Waals surface area contributed by atoms with Crippen molar-refractivity contribution in [2.45, 2.75) is 26.4 Å². The van der Waals surface area contributed by atoms with Crippen molar-refractivity contribution >= 4 is 16.3 Å². The molecule has 0 atom stereocenters. The Morgan fingerprint density at radius 1 is 1.37 bits per heavy atom. The van der Waals surface area contributed by atoms with Crippen LogP contribution in [0.15, 0.2) is 24.0 Å². The lowest BCUT2D eigenvalue weighted by molar-refractivity contribution is 0.527. The minimum Gasteiger partial charge on any atom is -0.311 e. The molecule has 1 N–H and O–H groups in total. The Hall–Kier alpha value is -1.73. The SMILES string of the molecule is Cc1nc2sccn2c1CNCCCn1ccnn1. The van der Waals surface area contributed by atoms with E-state index >= 15 is 0 Å². The van der Waals surface area contributed by atoms with Gasteiger partial charge in [0.05, 0.1) is 17.6 Å². The maximum atomic E-state index is 4.53. The summed E-state index contributed by atoms with van der Waals surface area (Å²) in [6.07, 6.45) is 6.70. The van der Waals surface area contributed by atoms with Crippen LogP contribution in [0.25, 0.3) is 4.96 Å². The third kappa shape index (κ3) is 2.66. The van der Waals surface area contributed by atoms with Crippen molar-refractivity contribution in [1.82, 2.24) is 29.7 Å². The normalized spacial score (nSPS) is 11.4. The molecule has 0 aliphatic heterocycles. The van der Waals surface area contributed by atoms with Crippen molar-refractivity contribution in [2.24, 2.45) is 0 Å². The predicted molar refractivity (Wildman–Crippen MR) is 74.2 cm³/mol. The van der Waals surface area contributed by atoms with Gasteiger partial charge in [0.15, 0.2) is 4.96 Å². The van der Waals surface area contributed by atoms with E-state index in [-0.39, 0.29) is 0 Å². The van der Waals surface area contributed by atoms with Crippen molar-refractivity contribution in [3.05, 3.63) is 35.4 Å². The molecule has 0 amide bonds. The van der Waals surface area contributed by atoms with Crippen LogP contribution in [0.2, 0.25) is 0 Å². The lowest BCUT2D eigenvalue weighted by Crippen LogP contribution is -2.18. The number of rotatable bonds is 6. The van der Waals surface area contributed by atoms with Crippen molar-refractivity contribution < 1.29 is 0 Å². The summed E-state index contributed by atoms with van der Waals surface area (Å²) in [5, 5.41) is 13.2. The molecule has 0 unspecified atom stereocenters. The maximum Gasteiger partial charge on any atom is 0.194 e. The Labute approximate surface area is 115 Å². The van der Waals surface area contributed by atoms with Gasteiger partial charge >= 0.3 is 0 Å². The van der Waals surface area contributed by atoms with Crippen LogP contribution < -0.4 is 5.32 Å². The highest BCUT2D eigenvalue weighted by Crippen LogP contribution is 2.16. The van der Waals surface area contributed by atoms with Crippen LogP contribution in [0.1, 0.15) is 17.8 Å². The summed E-state index contributed by atoms with van der Waals surface area (Å²) in [4.78, 5) is 5.60. The maximum absolute atomic E-state index is 4.53. The average Bonchev–Trinajstić information content (AvgIpc) is 3.08. The zero-order valence-corrected chi connectivity index (χ0v) is 11.6. The van der Waals surface area contributed by atoms with Crippen molar-refractivity contribution in [3.8, 4) is 0 Å². The molecule has 0 radical (unpaired) electrons. The quantitative estimate of drug-likeness (QED) is 0.693. The highest BCUT2D eigenvalue weighted by atomic mass is 32.1. The second-order valence-electron chi connectivity index (χ2n) is 4.40. The first-order chi connectivity index (χ1) is 9.34. The number of nitrogens with one attached hydrogen (secondary N) is 1. The van der Waals surface area contributed by atoms with E-state index in [1.165, 1.54) is 5.69 Å². The molecule has 0 fully saturated rings. The summed E-state index contributed by atoms with van der Waals surface area (Å²) in [5.74, 6) is 0. The molecule has 7 heteroatoms. The third-order valence-electron chi connectivity index (χ3n) is 3.07. The summed E-state index contributed by atoms with van der Waals surface area (Å²) in [6.45, 7) is 4.76. The number of nitrogens with zero attached hydrogens (tertiary/aromatic N) is 5. The van der Waals surface area contributed by atoms with Gasteiger partial charge in [0.2, 0.25) is 0 Å². The molecule has 0 aliphatic rings. The van der Waals surface area contributed by atoms with E-state index < -0.39 is 0 Å². The predicted octanol–water partition coefficient (Wildman–Crippen LogP) is 1.48. The molecule has 3 aromatic rings. The van der Waals surface area contributed by atoms with Gasteiger partial charge in [-0.3, -0.25) is 9.08 Å². The highest BCUT2D eigenvalue weighted by molar-refractivity contribution is 7.15. The molecular formula is C12H16N6S. The van der Waals surface area contributed by atoms with Gasteiger partial charge in [-0.15, -0.1) is 16.4 Å².